The molecular weight excluding hydrogens is 331 g/mol. The van der Waals surface area contributed by atoms with E-state index in [1.165, 1.54) is 25.6 Å². The van der Waals surface area contributed by atoms with Gasteiger partial charge in [0.2, 0.25) is 0 Å². The van der Waals surface area contributed by atoms with E-state index in [-0.39, 0.29) is 11.7 Å². The zero-order chi connectivity index (χ0) is 17.5. The molecule has 26 heavy (non-hydrogen) atoms. The van der Waals surface area contributed by atoms with Crippen LogP contribution in [0.1, 0.15) is 50.1 Å². The zero-order valence-corrected chi connectivity index (χ0v) is 14.8. The Kier molecular flexibility index (Phi) is 3.94. The maximum atomic E-state index is 15.0. The van der Waals surface area contributed by atoms with Crippen LogP contribution >= 0.6 is 0 Å². The summed E-state index contributed by atoms with van der Waals surface area (Å²) < 4.78 is 15.0. The minimum atomic E-state index is -0.210. The lowest BCUT2D eigenvalue weighted by molar-refractivity contribution is 0.392. The summed E-state index contributed by atoms with van der Waals surface area (Å²) in [6.07, 6.45) is 11.6. The molecule has 1 saturated heterocycles. The van der Waals surface area contributed by atoms with E-state index in [1.807, 2.05) is 6.07 Å². The SMILES string of the molecule is Fc1c(C2CCC2)ncnc1N1CCC(N(c2ccncn2)C2CC2)C1. The molecule has 3 fully saturated rings. The highest BCUT2D eigenvalue weighted by Gasteiger charge is 2.39. The second-order valence-corrected chi connectivity index (χ2v) is 7.62. The van der Waals surface area contributed by atoms with Gasteiger partial charge in [-0.25, -0.2) is 24.3 Å². The lowest BCUT2D eigenvalue weighted by Gasteiger charge is -2.30. The molecule has 136 valence electrons. The molecule has 1 unspecified atom stereocenters. The molecule has 0 spiro atoms. The molecule has 2 saturated carbocycles. The van der Waals surface area contributed by atoms with E-state index in [0.717, 1.165) is 38.2 Å². The Bertz CT molecular complexity index is 777. The van der Waals surface area contributed by atoms with Gasteiger partial charge in [-0.15, -0.1) is 0 Å². The second kappa shape index (κ2) is 6.45. The zero-order valence-electron chi connectivity index (χ0n) is 14.8. The van der Waals surface area contributed by atoms with Gasteiger partial charge in [0.05, 0.1) is 5.69 Å². The van der Waals surface area contributed by atoms with Crippen LogP contribution in [0.4, 0.5) is 16.0 Å². The van der Waals surface area contributed by atoms with Crippen molar-refractivity contribution in [3.8, 4) is 0 Å². The Hall–Kier alpha value is -2.31. The van der Waals surface area contributed by atoms with Crippen LogP contribution < -0.4 is 9.80 Å². The van der Waals surface area contributed by atoms with E-state index in [2.05, 4.69) is 29.7 Å². The fraction of sp³-hybridized carbons (Fsp3) is 0.579. The van der Waals surface area contributed by atoms with Gasteiger partial charge in [-0.3, -0.25) is 0 Å². The molecule has 0 aromatic carbocycles. The monoisotopic (exact) mass is 354 g/mol. The van der Waals surface area contributed by atoms with Crippen molar-refractivity contribution in [3.63, 3.8) is 0 Å². The van der Waals surface area contributed by atoms with Crippen LogP contribution in [-0.2, 0) is 0 Å². The molecule has 0 N–H and O–H groups in total. The minimum absolute atomic E-state index is 0.210. The van der Waals surface area contributed by atoms with Gasteiger partial charge in [0.1, 0.15) is 18.5 Å². The van der Waals surface area contributed by atoms with Gasteiger partial charge in [0.25, 0.3) is 0 Å². The Morgan fingerprint density at radius 1 is 1.00 bits per heavy atom. The number of halogens is 1. The number of rotatable bonds is 5. The first-order valence-corrected chi connectivity index (χ1v) is 9.61. The van der Waals surface area contributed by atoms with Crippen molar-refractivity contribution >= 4 is 11.6 Å². The predicted molar refractivity (Wildman–Crippen MR) is 96.7 cm³/mol. The molecule has 7 heteroatoms. The van der Waals surface area contributed by atoms with Gasteiger partial charge < -0.3 is 9.80 Å². The van der Waals surface area contributed by atoms with Crippen molar-refractivity contribution in [1.29, 1.82) is 0 Å². The highest BCUT2D eigenvalue weighted by atomic mass is 19.1. The van der Waals surface area contributed by atoms with Crippen molar-refractivity contribution in [2.24, 2.45) is 0 Å². The van der Waals surface area contributed by atoms with Crippen LogP contribution in [0.25, 0.3) is 0 Å². The molecule has 1 atom stereocenters. The van der Waals surface area contributed by atoms with E-state index in [1.54, 1.807) is 12.5 Å². The molecule has 5 rings (SSSR count). The Morgan fingerprint density at radius 2 is 1.88 bits per heavy atom. The summed E-state index contributed by atoms with van der Waals surface area (Å²) in [5.41, 5.74) is 0.611. The van der Waals surface area contributed by atoms with Gasteiger partial charge in [0.15, 0.2) is 11.6 Å². The first-order chi connectivity index (χ1) is 12.8. The highest BCUT2D eigenvalue weighted by Crippen LogP contribution is 2.39. The van der Waals surface area contributed by atoms with Crippen LogP contribution in [0.3, 0.4) is 0 Å². The molecule has 3 heterocycles. The Balaban J connectivity index is 1.37. The molecule has 6 nitrogen and oxygen atoms in total. The van der Waals surface area contributed by atoms with Gasteiger partial charge in [-0.2, -0.15) is 0 Å². The Labute approximate surface area is 152 Å². The largest absolute Gasteiger partial charge is 0.352 e. The molecule has 2 aliphatic carbocycles. The summed E-state index contributed by atoms with van der Waals surface area (Å²) in [6.45, 7) is 1.59. The van der Waals surface area contributed by atoms with Crippen LogP contribution in [-0.4, -0.2) is 45.1 Å². The highest BCUT2D eigenvalue weighted by molar-refractivity contribution is 5.48. The van der Waals surface area contributed by atoms with Crippen molar-refractivity contribution in [1.82, 2.24) is 19.9 Å². The van der Waals surface area contributed by atoms with E-state index >= 15 is 4.39 Å². The summed E-state index contributed by atoms with van der Waals surface area (Å²) in [7, 11) is 0. The molecule has 0 radical (unpaired) electrons. The maximum absolute atomic E-state index is 15.0. The van der Waals surface area contributed by atoms with Crippen LogP contribution in [0.2, 0.25) is 0 Å². The average Bonchev–Trinajstić information content (AvgIpc) is 3.33. The summed E-state index contributed by atoms with van der Waals surface area (Å²) >= 11 is 0. The molecule has 2 aromatic heterocycles. The first-order valence-electron chi connectivity index (χ1n) is 9.61. The van der Waals surface area contributed by atoms with Crippen LogP contribution in [0.15, 0.2) is 24.9 Å². The number of aromatic nitrogens is 4. The summed E-state index contributed by atoms with van der Waals surface area (Å²) in [5.74, 6) is 1.52. The number of hydrogen-bond donors (Lipinski definition) is 0. The van der Waals surface area contributed by atoms with Crippen molar-refractivity contribution in [3.05, 3.63) is 36.4 Å². The average molecular weight is 354 g/mol. The lowest BCUT2D eigenvalue weighted by Crippen LogP contribution is -2.40. The molecule has 0 amide bonds. The van der Waals surface area contributed by atoms with Crippen molar-refractivity contribution in [2.45, 2.75) is 56.5 Å². The quantitative estimate of drug-likeness (QED) is 0.823. The van der Waals surface area contributed by atoms with E-state index in [9.17, 15) is 0 Å². The molecule has 2 aromatic rings. The van der Waals surface area contributed by atoms with E-state index in [4.69, 9.17) is 0 Å². The second-order valence-electron chi connectivity index (χ2n) is 7.62. The molecule has 0 bridgehead atoms. The van der Waals surface area contributed by atoms with Gasteiger partial charge in [-0.05, 0) is 38.2 Å². The fourth-order valence-electron chi connectivity index (χ4n) is 4.18. The maximum Gasteiger partial charge on any atom is 0.187 e. The topological polar surface area (TPSA) is 58.0 Å². The van der Waals surface area contributed by atoms with Crippen molar-refractivity contribution < 1.29 is 4.39 Å². The summed E-state index contributed by atoms with van der Waals surface area (Å²) in [6, 6.07) is 2.86. The third kappa shape index (κ3) is 2.79. The Morgan fingerprint density at radius 3 is 2.58 bits per heavy atom. The number of anilines is 2. The van der Waals surface area contributed by atoms with Crippen molar-refractivity contribution in [2.75, 3.05) is 22.9 Å². The van der Waals surface area contributed by atoms with E-state index < -0.39 is 0 Å². The first kappa shape index (κ1) is 15.9. The van der Waals surface area contributed by atoms with Gasteiger partial charge in [0, 0.05) is 37.3 Å². The molecule has 3 aliphatic rings. The predicted octanol–water partition coefficient (Wildman–Crippen LogP) is 2.92. The van der Waals surface area contributed by atoms with Gasteiger partial charge >= 0.3 is 0 Å². The number of hydrogen-bond acceptors (Lipinski definition) is 6. The molecule has 1 aliphatic heterocycles. The van der Waals surface area contributed by atoms with Crippen LogP contribution in [0, 0.1) is 5.82 Å². The molecular formula is C19H23FN6. The van der Waals surface area contributed by atoms with Gasteiger partial charge in [-0.1, -0.05) is 6.42 Å². The summed E-state index contributed by atoms with van der Waals surface area (Å²) in [5, 5.41) is 0. The third-order valence-electron chi connectivity index (χ3n) is 5.92. The standard InChI is InChI=1S/C19H23FN6/c20-17-18(13-2-1-3-13)23-12-24-19(17)25-9-7-15(10-25)26(14-4-5-14)16-6-8-21-11-22-16/h6,8,11-15H,1-5,7,9-10H2. The third-order valence-corrected chi connectivity index (χ3v) is 5.92. The van der Waals surface area contributed by atoms with Crippen LogP contribution in [0.5, 0.6) is 0 Å². The minimum Gasteiger partial charge on any atom is -0.352 e. The fourth-order valence-corrected chi connectivity index (χ4v) is 4.18. The number of nitrogens with zero attached hydrogens (tertiary/aromatic N) is 6. The smallest absolute Gasteiger partial charge is 0.187 e. The lowest BCUT2D eigenvalue weighted by atomic mass is 9.82. The summed E-state index contributed by atoms with van der Waals surface area (Å²) in [4.78, 5) is 21.5. The normalized spacial score (nSPS) is 23.1. The van der Waals surface area contributed by atoms with E-state index in [0.29, 0.717) is 23.6 Å².